The maximum Gasteiger partial charge on any atom is 0.360 e. The minimum Gasteiger partial charge on any atom is -0.461 e. The average Bonchev–Trinajstić information content (AvgIpc) is 2.58. The van der Waals surface area contributed by atoms with Crippen molar-refractivity contribution in [1.82, 2.24) is 9.97 Å². The van der Waals surface area contributed by atoms with E-state index in [4.69, 9.17) is 16.3 Å². The number of carbonyl (C=O) groups is 1. The van der Waals surface area contributed by atoms with E-state index in [0.717, 1.165) is 11.3 Å². The maximum atomic E-state index is 12.3. The Morgan fingerprint density at radius 2 is 1.83 bits per heavy atom. The highest BCUT2D eigenvalue weighted by Gasteiger charge is 2.18. The van der Waals surface area contributed by atoms with Gasteiger partial charge in [0.25, 0.3) is 0 Å². The molecule has 0 saturated carbocycles. The normalized spacial score (nSPS) is 10.6. The molecule has 24 heavy (non-hydrogen) atoms. The predicted octanol–water partition coefficient (Wildman–Crippen LogP) is 4.51. The number of esters is 1. The minimum absolute atomic E-state index is 0.148. The van der Waals surface area contributed by atoms with Gasteiger partial charge in [-0.05, 0) is 43.7 Å². The van der Waals surface area contributed by atoms with Gasteiger partial charge in [0.15, 0.2) is 11.5 Å². The number of carbonyl (C=O) groups excluding carboxylic acids is 1. The molecule has 1 N–H and O–H groups in total. The Bertz CT molecular complexity index is 912. The van der Waals surface area contributed by atoms with Gasteiger partial charge in [0.2, 0.25) is 0 Å². The van der Waals surface area contributed by atoms with Crippen molar-refractivity contribution >= 4 is 40.1 Å². The summed E-state index contributed by atoms with van der Waals surface area (Å²) in [6.07, 6.45) is 0. The van der Waals surface area contributed by atoms with Gasteiger partial charge in [-0.3, -0.25) is 0 Å². The predicted molar refractivity (Wildman–Crippen MR) is 95.0 cm³/mol. The van der Waals surface area contributed by atoms with Gasteiger partial charge in [-0.2, -0.15) is 0 Å². The standard InChI is InChI=1S/C18H16ClN3O2/c1-3-24-18(23)16-17(21-13-10-6-7-12(19)11(13)2)22-15-9-5-4-8-14(15)20-16/h4-10H,3H2,1-2H3,(H,21,22). The van der Waals surface area contributed by atoms with E-state index in [0.29, 0.717) is 21.9 Å². The molecule has 6 heteroatoms. The second kappa shape index (κ2) is 6.84. The lowest BCUT2D eigenvalue weighted by Crippen LogP contribution is -2.12. The van der Waals surface area contributed by atoms with Crippen LogP contribution in [0.25, 0.3) is 11.0 Å². The number of halogens is 1. The van der Waals surface area contributed by atoms with Gasteiger partial charge in [0, 0.05) is 10.7 Å². The average molecular weight is 342 g/mol. The van der Waals surface area contributed by atoms with Crippen LogP contribution in [0.5, 0.6) is 0 Å². The van der Waals surface area contributed by atoms with Crippen LogP contribution in [-0.2, 0) is 4.74 Å². The van der Waals surface area contributed by atoms with Crippen molar-refractivity contribution in [3.8, 4) is 0 Å². The van der Waals surface area contributed by atoms with Crippen LogP contribution in [0, 0.1) is 6.92 Å². The summed E-state index contributed by atoms with van der Waals surface area (Å²) in [6, 6.07) is 12.9. The summed E-state index contributed by atoms with van der Waals surface area (Å²) in [5, 5.41) is 3.79. The van der Waals surface area contributed by atoms with Crippen molar-refractivity contribution in [3.05, 3.63) is 58.7 Å². The van der Waals surface area contributed by atoms with Gasteiger partial charge in [-0.15, -0.1) is 0 Å². The zero-order chi connectivity index (χ0) is 17.1. The number of aromatic nitrogens is 2. The lowest BCUT2D eigenvalue weighted by atomic mass is 10.2. The van der Waals surface area contributed by atoms with Gasteiger partial charge < -0.3 is 10.1 Å². The van der Waals surface area contributed by atoms with Crippen LogP contribution >= 0.6 is 11.6 Å². The fourth-order valence-corrected chi connectivity index (χ4v) is 2.47. The summed E-state index contributed by atoms with van der Waals surface area (Å²) >= 11 is 6.16. The van der Waals surface area contributed by atoms with Crippen LogP contribution in [0.15, 0.2) is 42.5 Å². The first-order chi connectivity index (χ1) is 11.6. The number of para-hydroxylation sites is 2. The molecule has 3 aromatic rings. The molecular weight excluding hydrogens is 326 g/mol. The van der Waals surface area contributed by atoms with E-state index in [1.165, 1.54) is 0 Å². The SMILES string of the molecule is CCOC(=O)c1nc2ccccc2nc1Nc1cccc(Cl)c1C. The quantitative estimate of drug-likeness (QED) is 0.707. The maximum absolute atomic E-state index is 12.3. The summed E-state index contributed by atoms with van der Waals surface area (Å²) in [5.74, 6) is -0.171. The van der Waals surface area contributed by atoms with E-state index in [-0.39, 0.29) is 12.3 Å². The molecule has 0 amide bonds. The van der Waals surface area contributed by atoms with Crippen molar-refractivity contribution in [2.75, 3.05) is 11.9 Å². The number of nitrogens with zero attached hydrogens (tertiary/aromatic N) is 2. The molecule has 0 saturated heterocycles. The van der Waals surface area contributed by atoms with Gasteiger partial charge in [0.1, 0.15) is 0 Å². The van der Waals surface area contributed by atoms with Crippen LogP contribution < -0.4 is 5.32 Å². The minimum atomic E-state index is -0.516. The fourth-order valence-electron chi connectivity index (χ4n) is 2.30. The molecule has 2 aromatic carbocycles. The molecule has 3 rings (SSSR count). The molecule has 0 unspecified atom stereocenters. The van der Waals surface area contributed by atoms with E-state index in [2.05, 4.69) is 15.3 Å². The number of hydrogen-bond donors (Lipinski definition) is 1. The summed E-state index contributed by atoms with van der Waals surface area (Å²) in [4.78, 5) is 21.2. The molecule has 1 aromatic heterocycles. The molecule has 0 aliphatic heterocycles. The molecule has 1 heterocycles. The third kappa shape index (κ3) is 3.16. The van der Waals surface area contributed by atoms with Gasteiger partial charge in [0.05, 0.1) is 17.6 Å². The topological polar surface area (TPSA) is 64.1 Å². The van der Waals surface area contributed by atoms with E-state index in [9.17, 15) is 4.79 Å². The van der Waals surface area contributed by atoms with Crippen molar-refractivity contribution < 1.29 is 9.53 Å². The number of benzene rings is 2. The number of anilines is 2. The molecule has 0 atom stereocenters. The van der Waals surface area contributed by atoms with Crippen LogP contribution in [0.1, 0.15) is 23.0 Å². The largest absolute Gasteiger partial charge is 0.461 e. The second-order valence-corrected chi connectivity index (χ2v) is 5.57. The highest BCUT2D eigenvalue weighted by Crippen LogP contribution is 2.27. The summed E-state index contributed by atoms with van der Waals surface area (Å²) in [5.41, 5.74) is 3.10. The zero-order valence-electron chi connectivity index (χ0n) is 13.3. The van der Waals surface area contributed by atoms with Gasteiger partial charge >= 0.3 is 5.97 Å². The van der Waals surface area contributed by atoms with Crippen molar-refractivity contribution in [2.45, 2.75) is 13.8 Å². The van der Waals surface area contributed by atoms with Crippen molar-refractivity contribution in [2.24, 2.45) is 0 Å². The highest BCUT2D eigenvalue weighted by atomic mass is 35.5. The van der Waals surface area contributed by atoms with Crippen LogP contribution in [-0.4, -0.2) is 22.5 Å². The number of ether oxygens (including phenoxy) is 1. The first kappa shape index (κ1) is 16.2. The Balaban J connectivity index is 2.12. The van der Waals surface area contributed by atoms with Crippen LogP contribution in [0.2, 0.25) is 5.02 Å². The molecule has 0 fully saturated rings. The number of hydrogen-bond acceptors (Lipinski definition) is 5. The molecule has 0 aliphatic carbocycles. The van der Waals surface area contributed by atoms with E-state index < -0.39 is 5.97 Å². The van der Waals surface area contributed by atoms with Crippen LogP contribution in [0.4, 0.5) is 11.5 Å². The van der Waals surface area contributed by atoms with Gasteiger partial charge in [-0.1, -0.05) is 29.8 Å². The lowest BCUT2D eigenvalue weighted by Gasteiger charge is -2.13. The Kier molecular flexibility index (Phi) is 4.62. The first-order valence-electron chi connectivity index (χ1n) is 7.56. The molecule has 122 valence electrons. The highest BCUT2D eigenvalue weighted by molar-refractivity contribution is 6.31. The number of fused-ring (bicyclic) bond motifs is 1. The zero-order valence-corrected chi connectivity index (χ0v) is 14.1. The molecule has 0 radical (unpaired) electrons. The first-order valence-corrected chi connectivity index (χ1v) is 7.94. The molecular formula is C18H16ClN3O2. The van der Waals surface area contributed by atoms with Crippen molar-refractivity contribution in [3.63, 3.8) is 0 Å². The Morgan fingerprint density at radius 1 is 1.12 bits per heavy atom. The third-order valence-corrected chi connectivity index (χ3v) is 3.97. The smallest absolute Gasteiger partial charge is 0.360 e. The van der Waals surface area contributed by atoms with Crippen molar-refractivity contribution in [1.29, 1.82) is 0 Å². The third-order valence-electron chi connectivity index (χ3n) is 3.56. The molecule has 0 aliphatic rings. The van der Waals surface area contributed by atoms with E-state index in [1.807, 2.05) is 37.3 Å². The summed E-state index contributed by atoms with van der Waals surface area (Å²) in [7, 11) is 0. The molecule has 5 nitrogen and oxygen atoms in total. The summed E-state index contributed by atoms with van der Waals surface area (Å²) < 4.78 is 5.10. The number of rotatable bonds is 4. The molecule has 0 bridgehead atoms. The lowest BCUT2D eigenvalue weighted by molar-refractivity contribution is 0.0521. The Morgan fingerprint density at radius 3 is 2.54 bits per heavy atom. The van der Waals surface area contributed by atoms with E-state index >= 15 is 0 Å². The second-order valence-electron chi connectivity index (χ2n) is 5.17. The Hall–Kier alpha value is -2.66. The van der Waals surface area contributed by atoms with Crippen LogP contribution in [0.3, 0.4) is 0 Å². The van der Waals surface area contributed by atoms with Gasteiger partial charge in [-0.25, -0.2) is 14.8 Å². The molecule has 0 spiro atoms. The number of nitrogens with one attached hydrogen (secondary N) is 1. The van der Waals surface area contributed by atoms with E-state index in [1.54, 1.807) is 19.1 Å². The Labute approximate surface area is 144 Å². The fraction of sp³-hybridized carbons (Fsp3) is 0.167. The summed E-state index contributed by atoms with van der Waals surface area (Å²) in [6.45, 7) is 3.91. The monoisotopic (exact) mass is 341 g/mol.